The van der Waals surface area contributed by atoms with Gasteiger partial charge in [-0.2, -0.15) is 0 Å². The maximum atomic E-state index is 6.14. The van der Waals surface area contributed by atoms with Gasteiger partial charge in [0.25, 0.3) is 0 Å². The number of thiocarbonyl (C=S) groups is 1. The van der Waals surface area contributed by atoms with E-state index in [1.165, 1.54) is 11.1 Å². The van der Waals surface area contributed by atoms with Gasteiger partial charge < -0.3 is 24.4 Å². The fourth-order valence-corrected chi connectivity index (χ4v) is 3.69. The van der Waals surface area contributed by atoms with Gasteiger partial charge in [-0.1, -0.05) is 12.1 Å². The Kier molecular flexibility index (Phi) is 5.07. The second-order valence-electron chi connectivity index (χ2n) is 7.00. The molecule has 2 aromatic carbocycles. The van der Waals surface area contributed by atoms with Crippen molar-refractivity contribution in [2.24, 2.45) is 0 Å². The standard InChI is InChI=1S/C21H24N2O3S/c1-14-4-3-5-18(15(14)2)22-21(27)23-10-8-16(9-11-23)26-17-6-7-19-20(12-17)25-13-24-19/h3-7,12,16H,8-11,13H2,1-2H3,(H,22,27). The maximum Gasteiger partial charge on any atom is 0.231 e. The van der Waals surface area contributed by atoms with Crippen LogP contribution in [-0.2, 0) is 0 Å². The zero-order valence-corrected chi connectivity index (χ0v) is 16.5. The highest BCUT2D eigenvalue weighted by Gasteiger charge is 2.23. The molecule has 27 heavy (non-hydrogen) atoms. The van der Waals surface area contributed by atoms with E-state index in [9.17, 15) is 0 Å². The molecule has 2 aliphatic rings. The molecule has 0 aliphatic carbocycles. The molecule has 6 heteroatoms. The van der Waals surface area contributed by atoms with Crippen LogP contribution in [0.1, 0.15) is 24.0 Å². The molecule has 0 bridgehead atoms. The number of fused-ring (bicyclic) bond motifs is 1. The zero-order valence-electron chi connectivity index (χ0n) is 15.7. The van der Waals surface area contributed by atoms with Crippen LogP contribution in [-0.4, -0.2) is 36.0 Å². The van der Waals surface area contributed by atoms with Gasteiger partial charge in [0.2, 0.25) is 6.79 Å². The number of hydrogen-bond acceptors (Lipinski definition) is 4. The van der Waals surface area contributed by atoms with Crippen molar-refractivity contribution in [3.8, 4) is 17.2 Å². The Balaban J connectivity index is 1.31. The summed E-state index contributed by atoms with van der Waals surface area (Å²) in [5.74, 6) is 2.36. The Hall–Kier alpha value is -2.47. The van der Waals surface area contributed by atoms with Crippen LogP contribution >= 0.6 is 12.2 Å². The van der Waals surface area contributed by atoms with Crippen LogP contribution in [0.3, 0.4) is 0 Å². The summed E-state index contributed by atoms with van der Waals surface area (Å²) in [6, 6.07) is 12.0. The van der Waals surface area contributed by atoms with E-state index in [1.807, 2.05) is 18.2 Å². The quantitative estimate of drug-likeness (QED) is 0.797. The topological polar surface area (TPSA) is 43.0 Å². The third-order valence-electron chi connectivity index (χ3n) is 5.22. The molecular weight excluding hydrogens is 360 g/mol. The second-order valence-corrected chi connectivity index (χ2v) is 7.38. The SMILES string of the molecule is Cc1cccc(NC(=S)N2CCC(Oc3ccc4c(c3)OCO4)CC2)c1C. The van der Waals surface area contributed by atoms with Crippen LogP contribution < -0.4 is 19.5 Å². The highest BCUT2D eigenvalue weighted by Crippen LogP contribution is 2.35. The molecule has 0 unspecified atom stereocenters. The predicted octanol–water partition coefficient (Wildman–Crippen LogP) is 4.27. The molecule has 0 radical (unpaired) electrons. The third kappa shape index (κ3) is 3.95. The molecule has 0 amide bonds. The highest BCUT2D eigenvalue weighted by molar-refractivity contribution is 7.80. The zero-order chi connectivity index (χ0) is 18.8. The van der Waals surface area contributed by atoms with Gasteiger partial charge >= 0.3 is 0 Å². The van der Waals surface area contributed by atoms with Gasteiger partial charge in [-0.05, 0) is 55.4 Å². The fraction of sp³-hybridized carbons (Fsp3) is 0.381. The van der Waals surface area contributed by atoms with Gasteiger partial charge in [0.05, 0.1) is 0 Å². The Morgan fingerprint density at radius 3 is 2.70 bits per heavy atom. The van der Waals surface area contributed by atoms with Crippen molar-refractivity contribution in [2.45, 2.75) is 32.8 Å². The van der Waals surface area contributed by atoms with E-state index in [0.717, 1.165) is 54.0 Å². The lowest BCUT2D eigenvalue weighted by Crippen LogP contribution is -2.43. The number of aryl methyl sites for hydroxylation is 1. The van der Waals surface area contributed by atoms with E-state index in [0.29, 0.717) is 0 Å². The summed E-state index contributed by atoms with van der Waals surface area (Å²) in [6.07, 6.45) is 2.05. The first-order valence-corrected chi connectivity index (χ1v) is 9.69. The number of piperidine rings is 1. The van der Waals surface area contributed by atoms with Crippen LogP contribution in [0.4, 0.5) is 5.69 Å². The summed E-state index contributed by atoms with van der Waals surface area (Å²) in [7, 11) is 0. The maximum absolute atomic E-state index is 6.14. The van der Waals surface area contributed by atoms with Crippen molar-refractivity contribution in [1.82, 2.24) is 4.90 Å². The first-order valence-electron chi connectivity index (χ1n) is 9.28. The largest absolute Gasteiger partial charge is 0.490 e. The molecule has 0 atom stereocenters. The Morgan fingerprint density at radius 2 is 1.89 bits per heavy atom. The molecule has 1 fully saturated rings. The fourth-order valence-electron chi connectivity index (χ4n) is 3.40. The first-order chi connectivity index (χ1) is 13.1. The minimum absolute atomic E-state index is 0.185. The lowest BCUT2D eigenvalue weighted by Gasteiger charge is -2.34. The van der Waals surface area contributed by atoms with Crippen molar-refractivity contribution in [3.05, 3.63) is 47.5 Å². The van der Waals surface area contributed by atoms with E-state index >= 15 is 0 Å². The normalized spacial score (nSPS) is 16.3. The van der Waals surface area contributed by atoms with Crippen LogP contribution in [0.5, 0.6) is 17.2 Å². The van der Waals surface area contributed by atoms with Crippen molar-refractivity contribution in [3.63, 3.8) is 0 Å². The molecule has 2 aromatic rings. The second kappa shape index (κ2) is 7.64. The number of likely N-dealkylation sites (tertiary alicyclic amines) is 1. The van der Waals surface area contributed by atoms with Gasteiger partial charge in [-0.3, -0.25) is 0 Å². The lowest BCUT2D eigenvalue weighted by atomic mass is 10.1. The summed E-state index contributed by atoms with van der Waals surface area (Å²) in [6.45, 7) is 6.27. The van der Waals surface area contributed by atoms with Crippen molar-refractivity contribution in [1.29, 1.82) is 0 Å². The van der Waals surface area contributed by atoms with Gasteiger partial charge in [0.1, 0.15) is 11.9 Å². The predicted molar refractivity (Wildman–Crippen MR) is 110 cm³/mol. The minimum atomic E-state index is 0.185. The van der Waals surface area contributed by atoms with Crippen molar-refractivity contribution >= 4 is 23.0 Å². The summed E-state index contributed by atoms with van der Waals surface area (Å²) in [5.41, 5.74) is 3.58. The third-order valence-corrected chi connectivity index (χ3v) is 5.58. The molecule has 0 spiro atoms. The van der Waals surface area contributed by atoms with Gasteiger partial charge in [-0.25, -0.2) is 0 Å². The number of ether oxygens (including phenoxy) is 3. The first kappa shape index (κ1) is 17.9. The molecule has 1 N–H and O–H groups in total. The van der Waals surface area contributed by atoms with E-state index in [1.54, 1.807) is 0 Å². The average molecular weight is 385 g/mol. The highest BCUT2D eigenvalue weighted by atomic mass is 32.1. The summed E-state index contributed by atoms with van der Waals surface area (Å²) >= 11 is 5.62. The Labute approximate surface area is 165 Å². The molecular formula is C21H24N2O3S. The van der Waals surface area contributed by atoms with Crippen LogP contribution in [0.25, 0.3) is 0 Å². The number of benzene rings is 2. The molecule has 5 nitrogen and oxygen atoms in total. The van der Waals surface area contributed by atoms with Gasteiger partial charge in [-0.15, -0.1) is 0 Å². The molecule has 1 saturated heterocycles. The number of anilines is 1. The summed E-state index contributed by atoms with van der Waals surface area (Å²) < 4.78 is 16.9. The van der Waals surface area contributed by atoms with Crippen molar-refractivity contribution < 1.29 is 14.2 Å². The Bertz CT molecular complexity index is 847. The van der Waals surface area contributed by atoms with Crippen LogP contribution in [0.2, 0.25) is 0 Å². The van der Waals surface area contributed by atoms with E-state index < -0.39 is 0 Å². The molecule has 142 valence electrons. The summed E-state index contributed by atoms with van der Waals surface area (Å²) in [4.78, 5) is 2.22. The molecule has 0 saturated carbocycles. The molecule has 2 aliphatic heterocycles. The minimum Gasteiger partial charge on any atom is -0.490 e. The smallest absolute Gasteiger partial charge is 0.231 e. The number of rotatable bonds is 3. The van der Waals surface area contributed by atoms with E-state index in [4.69, 9.17) is 26.4 Å². The average Bonchev–Trinajstić information content (AvgIpc) is 3.14. The Morgan fingerprint density at radius 1 is 1.11 bits per heavy atom. The number of nitrogens with zero attached hydrogens (tertiary/aromatic N) is 1. The molecule has 0 aromatic heterocycles. The lowest BCUT2D eigenvalue weighted by molar-refractivity contribution is 0.131. The van der Waals surface area contributed by atoms with Crippen LogP contribution in [0, 0.1) is 13.8 Å². The monoisotopic (exact) mass is 384 g/mol. The van der Waals surface area contributed by atoms with Gasteiger partial charge in [0, 0.05) is 37.7 Å². The number of nitrogens with one attached hydrogen (secondary N) is 1. The summed E-state index contributed by atoms with van der Waals surface area (Å²) in [5, 5.41) is 4.18. The van der Waals surface area contributed by atoms with E-state index in [-0.39, 0.29) is 12.9 Å². The number of hydrogen-bond donors (Lipinski definition) is 1. The molecule has 4 rings (SSSR count). The molecule has 2 heterocycles. The van der Waals surface area contributed by atoms with E-state index in [2.05, 4.69) is 42.3 Å². The van der Waals surface area contributed by atoms with Gasteiger partial charge in [0.15, 0.2) is 16.6 Å². The van der Waals surface area contributed by atoms with Crippen molar-refractivity contribution in [2.75, 3.05) is 25.2 Å². The van der Waals surface area contributed by atoms with Crippen LogP contribution in [0.15, 0.2) is 36.4 Å².